The molecule has 7 nitrogen and oxygen atoms in total. The number of sulfone groups is 1. The Bertz CT molecular complexity index is 1390. The molecule has 1 N–H and O–H groups in total. The summed E-state index contributed by atoms with van der Waals surface area (Å²) >= 11 is 1.34. The van der Waals surface area contributed by atoms with Gasteiger partial charge in [-0.05, 0) is 18.1 Å². The molecule has 0 bridgehead atoms. The number of hydrogen-bond donors (Lipinski definition) is 1. The second kappa shape index (κ2) is 8.22. The van der Waals surface area contributed by atoms with Crippen LogP contribution in [0.2, 0.25) is 0 Å². The summed E-state index contributed by atoms with van der Waals surface area (Å²) in [5.74, 6) is 0.747. The summed E-state index contributed by atoms with van der Waals surface area (Å²) in [6.45, 7) is 0. The van der Waals surface area contributed by atoms with Crippen LogP contribution >= 0.6 is 11.8 Å². The Kier molecular flexibility index (Phi) is 5.38. The summed E-state index contributed by atoms with van der Waals surface area (Å²) in [6, 6.07) is 17.4. The topological polar surface area (TPSA) is 97.7 Å². The van der Waals surface area contributed by atoms with E-state index in [-0.39, 0.29) is 23.2 Å². The summed E-state index contributed by atoms with van der Waals surface area (Å²) in [7, 11) is -1.19. The summed E-state index contributed by atoms with van der Waals surface area (Å²) in [4.78, 5) is 16.9. The molecule has 2 unspecified atom stereocenters. The average Bonchev–Trinajstić information content (AvgIpc) is 3.49. The number of rotatable bonds is 6. The van der Waals surface area contributed by atoms with Crippen molar-refractivity contribution in [1.29, 1.82) is 0 Å². The number of aromatic nitrogens is 4. The van der Waals surface area contributed by atoms with E-state index < -0.39 is 15.1 Å². The first-order valence-electron chi connectivity index (χ1n) is 10.3. The lowest BCUT2D eigenvalue weighted by atomic mass is 10.0. The third kappa shape index (κ3) is 3.86. The number of aromatic amines is 1. The second-order valence-electron chi connectivity index (χ2n) is 8.02. The molecule has 1 aliphatic heterocycles. The summed E-state index contributed by atoms with van der Waals surface area (Å²) in [5, 5.41) is 9.57. The van der Waals surface area contributed by atoms with E-state index >= 15 is 0 Å². The van der Waals surface area contributed by atoms with Crippen molar-refractivity contribution in [3.05, 3.63) is 77.7 Å². The van der Waals surface area contributed by atoms with Gasteiger partial charge in [-0.1, -0.05) is 60.3 Å². The van der Waals surface area contributed by atoms with Gasteiger partial charge in [0.25, 0.3) is 0 Å². The van der Waals surface area contributed by atoms with Crippen LogP contribution in [-0.2, 0) is 16.9 Å². The molecule has 1 aliphatic rings. The second-order valence-corrected chi connectivity index (χ2v) is 11.3. The minimum absolute atomic E-state index is 0.0216. The number of fused-ring (bicyclic) bond motifs is 1. The van der Waals surface area contributed by atoms with Gasteiger partial charge in [-0.2, -0.15) is 0 Å². The Morgan fingerprint density at radius 1 is 1.12 bits per heavy atom. The van der Waals surface area contributed by atoms with E-state index in [1.54, 1.807) is 6.20 Å². The van der Waals surface area contributed by atoms with Gasteiger partial charge in [-0.25, -0.2) is 8.42 Å². The fraction of sp³-hybridized carbons (Fsp3) is 0.261. The van der Waals surface area contributed by atoms with Gasteiger partial charge in [0.15, 0.2) is 20.8 Å². The first-order valence-corrected chi connectivity index (χ1v) is 13.0. The SMILES string of the molecule is Cn1c(SC(C(=O)c2c[nH]c3ccccc23)c2ccccc2)nnc1C1CCS(=O)(=O)C1. The van der Waals surface area contributed by atoms with E-state index in [9.17, 15) is 13.2 Å². The van der Waals surface area contributed by atoms with Crippen LogP contribution in [0.15, 0.2) is 66.0 Å². The Morgan fingerprint density at radius 3 is 2.62 bits per heavy atom. The van der Waals surface area contributed by atoms with Crippen LogP contribution in [-0.4, -0.2) is 45.5 Å². The molecule has 0 aliphatic carbocycles. The van der Waals surface area contributed by atoms with Gasteiger partial charge in [0, 0.05) is 35.6 Å². The standard InChI is InChI=1S/C23H22N4O3S2/c1-27-22(16-11-12-32(29,30)14-16)25-26-23(27)31-21(15-7-3-2-4-8-15)20(28)18-13-24-19-10-6-5-9-17(18)19/h2-10,13,16,21,24H,11-12,14H2,1H3. The molecule has 2 atom stereocenters. The number of nitrogens with zero attached hydrogens (tertiary/aromatic N) is 3. The Balaban J connectivity index is 1.50. The summed E-state index contributed by atoms with van der Waals surface area (Å²) in [5.41, 5.74) is 2.42. The number of hydrogen-bond acceptors (Lipinski definition) is 6. The third-order valence-electron chi connectivity index (χ3n) is 5.88. The van der Waals surface area contributed by atoms with Crippen molar-refractivity contribution in [2.75, 3.05) is 11.5 Å². The lowest BCUT2D eigenvalue weighted by molar-refractivity contribution is 0.0991. The van der Waals surface area contributed by atoms with E-state index in [1.165, 1.54) is 11.8 Å². The van der Waals surface area contributed by atoms with E-state index in [1.807, 2.05) is 66.2 Å². The molecule has 1 fully saturated rings. The summed E-state index contributed by atoms with van der Waals surface area (Å²) < 4.78 is 25.7. The van der Waals surface area contributed by atoms with Crippen LogP contribution in [0.1, 0.15) is 39.3 Å². The highest BCUT2D eigenvalue weighted by atomic mass is 32.2. The number of thioether (sulfide) groups is 1. The van der Waals surface area contributed by atoms with Gasteiger partial charge in [-0.3, -0.25) is 4.79 Å². The number of ketones is 1. The highest BCUT2D eigenvalue weighted by molar-refractivity contribution is 8.00. The molecule has 5 rings (SSSR count). The highest BCUT2D eigenvalue weighted by Gasteiger charge is 2.34. The van der Waals surface area contributed by atoms with Gasteiger partial charge in [0.05, 0.1) is 11.5 Å². The number of carbonyl (C=O) groups excluding carboxylic acids is 1. The Hall–Kier alpha value is -2.91. The van der Waals surface area contributed by atoms with Gasteiger partial charge in [0.1, 0.15) is 11.1 Å². The maximum absolute atomic E-state index is 13.7. The molecule has 2 aromatic heterocycles. The molecular formula is C23H22N4O3S2. The molecule has 9 heteroatoms. The molecule has 1 saturated heterocycles. The Labute approximate surface area is 190 Å². The Morgan fingerprint density at radius 2 is 1.88 bits per heavy atom. The van der Waals surface area contributed by atoms with Crippen molar-refractivity contribution in [2.24, 2.45) is 7.05 Å². The quantitative estimate of drug-likeness (QED) is 0.342. The third-order valence-corrected chi connectivity index (χ3v) is 8.94. The smallest absolute Gasteiger partial charge is 0.192 e. The van der Waals surface area contributed by atoms with Crippen molar-refractivity contribution in [3.63, 3.8) is 0 Å². The number of Topliss-reactive ketones (excluding diaryl/α,β-unsaturated/α-hetero) is 1. The van der Waals surface area contributed by atoms with Crippen LogP contribution in [0.25, 0.3) is 10.9 Å². The molecule has 4 aromatic rings. The number of nitrogens with one attached hydrogen (secondary N) is 1. The molecule has 32 heavy (non-hydrogen) atoms. The summed E-state index contributed by atoms with van der Waals surface area (Å²) in [6.07, 6.45) is 2.31. The molecule has 0 saturated carbocycles. The molecule has 0 spiro atoms. The predicted molar refractivity (Wildman–Crippen MR) is 125 cm³/mol. The van der Waals surface area contributed by atoms with Gasteiger partial charge >= 0.3 is 0 Å². The predicted octanol–water partition coefficient (Wildman–Crippen LogP) is 3.91. The lowest BCUT2D eigenvalue weighted by Gasteiger charge is -2.16. The maximum atomic E-state index is 13.7. The molecule has 0 radical (unpaired) electrons. The molecular weight excluding hydrogens is 444 g/mol. The zero-order valence-electron chi connectivity index (χ0n) is 17.4. The van der Waals surface area contributed by atoms with Gasteiger partial charge in [-0.15, -0.1) is 10.2 Å². The fourth-order valence-corrected chi connectivity index (χ4v) is 7.02. The monoisotopic (exact) mass is 466 g/mol. The van der Waals surface area contributed by atoms with Crippen molar-refractivity contribution in [3.8, 4) is 0 Å². The number of benzene rings is 2. The van der Waals surface area contributed by atoms with Crippen LogP contribution in [0, 0.1) is 0 Å². The maximum Gasteiger partial charge on any atom is 0.192 e. The molecule has 164 valence electrons. The molecule has 3 heterocycles. The lowest BCUT2D eigenvalue weighted by Crippen LogP contribution is -2.12. The van der Waals surface area contributed by atoms with Crippen molar-refractivity contribution < 1.29 is 13.2 Å². The van der Waals surface area contributed by atoms with E-state index in [4.69, 9.17) is 0 Å². The molecule has 2 aromatic carbocycles. The highest BCUT2D eigenvalue weighted by Crippen LogP contribution is 2.39. The normalized spacial score (nSPS) is 18.7. The average molecular weight is 467 g/mol. The van der Waals surface area contributed by atoms with E-state index in [0.717, 1.165) is 16.5 Å². The van der Waals surface area contributed by atoms with Crippen LogP contribution < -0.4 is 0 Å². The zero-order valence-corrected chi connectivity index (χ0v) is 19.1. The first kappa shape index (κ1) is 21.0. The van der Waals surface area contributed by atoms with Gasteiger partial charge < -0.3 is 9.55 Å². The number of carbonyl (C=O) groups is 1. The first-order chi connectivity index (χ1) is 15.4. The minimum atomic E-state index is -3.03. The number of H-pyrrole nitrogens is 1. The zero-order chi connectivity index (χ0) is 22.3. The molecule has 0 amide bonds. The van der Waals surface area contributed by atoms with Crippen molar-refractivity contribution in [2.45, 2.75) is 22.7 Å². The van der Waals surface area contributed by atoms with Crippen molar-refractivity contribution >= 4 is 38.3 Å². The van der Waals surface area contributed by atoms with Gasteiger partial charge in [0.2, 0.25) is 0 Å². The van der Waals surface area contributed by atoms with Crippen LogP contribution in [0.4, 0.5) is 0 Å². The van der Waals surface area contributed by atoms with E-state index in [0.29, 0.717) is 23.0 Å². The van der Waals surface area contributed by atoms with E-state index in [2.05, 4.69) is 15.2 Å². The van der Waals surface area contributed by atoms with Crippen LogP contribution in [0.3, 0.4) is 0 Å². The largest absolute Gasteiger partial charge is 0.360 e. The minimum Gasteiger partial charge on any atom is -0.360 e. The van der Waals surface area contributed by atoms with Crippen LogP contribution in [0.5, 0.6) is 0 Å². The fourth-order valence-electron chi connectivity index (χ4n) is 4.21. The van der Waals surface area contributed by atoms with Crippen molar-refractivity contribution in [1.82, 2.24) is 19.7 Å². The number of para-hydroxylation sites is 1.